The van der Waals surface area contributed by atoms with Gasteiger partial charge in [0.2, 0.25) is 0 Å². The van der Waals surface area contributed by atoms with Crippen LogP contribution in [0.4, 0.5) is 11.5 Å². The normalized spacial score (nSPS) is 21.9. The number of hydrogen-bond acceptors (Lipinski definition) is 6. The molecule has 2 aliphatic rings. The van der Waals surface area contributed by atoms with Crippen molar-refractivity contribution in [2.75, 3.05) is 57.2 Å². The van der Waals surface area contributed by atoms with Crippen LogP contribution in [-0.4, -0.2) is 62.9 Å². The van der Waals surface area contributed by atoms with Crippen LogP contribution in [-0.2, 0) is 0 Å². The van der Waals surface area contributed by atoms with E-state index in [2.05, 4.69) is 51.3 Å². The summed E-state index contributed by atoms with van der Waals surface area (Å²) in [6.45, 7) is 7.63. The van der Waals surface area contributed by atoms with Crippen LogP contribution in [0.3, 0.4) is 0 Å². The van der Waals surface area contributed by atoms with Gasteiger partial charge in [-0.1, -0.05) is 6.07 Å². The molecule has 28 heavy (non-hydrogen) atoms. The summed E-state index contributed by atoms with van der Waals surface area (Å²) < 4.78 is 11.0. The Kier molecular flexibility index (Phi) is 5.57. The number of benzene rings is 1. The molecular formula is C22H30N4O2. The molecule has 0 aliphatic carbocycles. The predicted octanol–water partition coefficient (Wildman–Crippen LogP) is 3.21. The van der Waals surface area contributed by atoms with E-state index in [0.717, 1.165) is 56.5 Å². The zero-order valence-electron chi connectivity index (χ0n) is 17.0. The molecule has 0 unspecified atom stereocenters. The summed E-state index contributed by atoms with van der Waals surface area (Å²) in [7, 11) is 3.39. The first kappa shape index (κ1) is 18.9. The molecule has 1 aromatic carbocycles. The highest BCUT2D eigenvalue weighted by atomic mass is 16.5. The molecule has 2 aliphatic heterocycles. The number of methoxy groups -OCH3 is 2. The van der Waals surface area contributed by atoms with E-state index in [1.807, 2.05) is 12.3 Å². The molecule has 6 nitrogen and oxygen atoms in total. The molecule has 1 aromatic heterocycles. The molecule has 1 N–H and O–H groups in total. The quantitative estimate of drug-likeness (QED) is 0.828. The summed E-state index contributed by atoms with van der Waals surface area (Å²) in [5, 5.41) is 3.62. The molecular weight excluding hydrogens is 352 g/mol. The summed E-state index contributed by atoms with van der Waals surface area (Å²) in [5.41, 5.74) is 2.52. The largest absolute Gasteiger partial charge is 0.493 e. The highest BCUT2D eigenvalue weighted by molar-refractivity contribution is 5.66. The van der Waals surface area contributed by atoms with Crippen molar-refractivity contribution in [1.82, 2.24) is 9.88 Å². The van der Waals surface area contributed by atoms with Crippen molar-refractivity contribution in [1.29, 1.82) is 0 Å². The number of nitrogens with one attached hydrogen (secondary N) is 1. The Balaban J connectivity index is 1.36. The smallest absolute Gasteiger partial charge is 0.162 e. The average molecular weight is 383 g/mol. The molecule has 0 amide bonds. The van der Waals surface area contributed by atoms with E-state index < -0.39 is 0 Å². The van der Waals surface area contributed by atoms with Crippen molar-refractivity contribution >= 4 is 11.5 Å². The van der Waals surface area contributed by atoms with Crippen LogP contribution in [0.1, 0.15) is 24.8 Å². The summed E-state index contributed by atoms with van der Waals surface area (Å²) in [5.74, 6) is 3.17. The summed E-state index contributed by atoms with van der Waals surface area (Å²) in [6.07, 6.45) is 3.01. The van der Waals surface area contributed by atoms with Gasteiger partial charge in [-0.3, -0.25) is 4.90 Å². The van der Waals surface area contributed by atoms with Gasteiger partial charge in [0, 0.05) is 56.1 Å². The second-order valence-electron chi connectivity index (χ2n) is 7.64. The molecule has 1 fully saturated rings. The zero-order chi connectivity index (χ0) is 19.5. The van der Waals surface area contributed by atoms with Crippen molar-refractivity contribution < 1.29 is 9.47 Å². The van der Waals surface area contributed by atoms with Crippen LogP contribution in [0.2, 0.25) is 0 Å². The van der Waals surface area contributed by atoms with E-state index in [9.17, 15) is 0 Å². The van der Waals surface area contributed by atoms with Crippen molar-refractivity contribution in [3.05, 3.63) is 42.1 Å². The lowest BCUT2D eigenvalue weighted by atomic mass is 9.92. The fraction of sp³-hybridized carbons (Fsp3) is 0.500. The maximum atomic E-state index is 5.52. The van der Waals surface area contributed by atoms with Crippen LogP contribution in [0.15, 0.2) is 36.5 Å². The number of pyridine rings is 1. The predicted molar refractivity (Wildman–Crippen MR) is 113 cm³/mol. The summed E-state index contributed by atoms with van der Waals surface area (Å²) >= 11 is 0. The number of rotatable bonds is 6. The van der Waals surface area contributed by atoms with E-state index in [-0.39, 0.29) is 0 Å². The fourth-order valence-corrected chi connectivity index (χ4v) is 4.41. The third-order valence-corrected chi connectivity index (χ3v) is 6.04. The lowest BCUT2D eigenvalue weighted by Gasteiger charge is -2.36. The summed E-state index contributed by atoms with van der Waals surface area (Å²) in [4.78, 5) is 9.43. The van der Waals surface area contributed by atoms with Crippen LogP contribution >= 0.6 is 0 Å². The maximum absolute atomic E-state index is 5.52. The van der Waals surface area contributed by atoms with E-state index in [4.69, 9.17) is 9.47 Å². The molecule has 4 rings (SSSR count). The Hall–Kier alpha value is -2.47. The van der Waals surface area contributed by atoms with Gasteiger partial charge in [0.1, 0.15) is 5.82 Å². The average Bonchev–Trinajstić information content (AvgIpc) is 3.06. The van der Waals surface area contributed by atoms with Gasteiger partial charge in [0.05, 0.1) is 14.2 Å². The SMILES string of the molecule is COc1cc2c(cc1OC)[C@H](CCN1CCN(c3ccccn3)CC1)[C@H](C)N2. The minimum Gasteiger partial charge on any atom is -0.493 e. The monoisotopic (exact) mass is 382 g/mol. The first-order valence-corrected chi connectivity index (χ1v) is 10.1. The van der Waals surface area contributed by atoms with Crippen molar-refractivity contribution in [2.45, 2.75) is 25.3 Å². The van der Waals surface area contributed by atoms with E-state index in [1.165, 1.54) is 11.3 Å². The molecule has 6 heteroatoms. The van der Waals surface area contributed by atoms with Gasteiger partial charge in [-0.05, 0) is 43.7 Å². The summed E-state index contributed by atoms with van der Waals surface area (Å²) in [6, 6.07) is 10.8. The van der Waals surface area contributed by atoms with Gasteiger partial charge in [0.25, 0.3) is 0 Å². The number of hydrogen-bond donors (Lipinski definition) is 1. The fourth-order valence-electron chi connectivity index (χ4n) is 4.41. The van der Waals surface area contributed by atoms with Gasteiger partial charge in [-0.25, -0.2) is 4.98 Å². The Labute approximate surface area is 167 Å². The number of anilines is 2. The van der Waals surface area contributed by atoms with Crippen LogP contribution < -0.4 is 19.7 Å². The standard InChI is InChI=1S/C22H30N4O2/c1-16-17(18-14-20(27-2)21(28-3)15-19(18)24-16)7-9-25-10-12-26(13-11-25)22-6-4-5-8-23-22/h4-6,8,14-17,24H,7,9-13H2,1-3H3/t16-,17+/m0/s1. The van der Waals surface area contributed by atoms with Crippen molar-refractivity contribution in [3.63, 3.8) is 0 Å². The van der Waals surface area contributed by atoms with E-state index in [1.54, 1.807) is 14.2 Å². The molecule has 150 valence electrons. The van der Waals surface area contributed by atoms with Crippen LogP contribution in [0.5, 0.6) is 11.5 Å². The highest BCUT2D eigenvalue weighted by Gasteiger charge is 2.31. The molecule has 0 radical (unpaired) electrons. The first-order chi connectivity index (χ1) is 13.7. The van der Waals surface area contributed by atoms with E-state index >= 15 is 0 Å². The maximum Gasteiger partial charge on any atom is 0.162 e. The van der Waals surface area contributed by atoms with Crippen molar-refractivity contribution in [2.24, 2.45) is 0 Å². The molecule has 0 bridgehead atoms. The Morgan fingerprint density at radius 3 is 2.50 bits per heavy atom. The molecule has 0 spiro atoms. The number of aromatic nitrogens is 1. The second-order valence-corrected chi connectivity index (χ2v) is 7.64. The second kappa shape index (κ2) is 8.27. The lowest BCUT2D eigenvalue weighted by Crippen LogP contribution is -2.47. The van der Waals surface area contributed by atoms with Crippen molar-refractivity contribution in [3.8, 4) is 11.5 Å². The van der Waals surface area contributed by atoms with Crippen LogP contribution in [0, 0.1) is 0 Å². The van der Waals surface area contributed by atoms with Gasteiger partial charge in [-0.2, -0.15) is 0 Å². The van der Waals surface area contributed by atoms with E-state index in [0.29, 0.717) is 12.0 Å². The van der Waals surface area contributed by atoms with Crippen LogP contribution in [0.25, 0.3) is 0 Å². The Morgan fingerprint density at radius 1 is 1.07 bits per heavy atom. The molecule has 0 saturated carbocycles. The third kappa shape index (κ3) is 3.74. The molecule has 2 atom stereocenters. The van der Waals surface area contributed by atoms with Gasteiger partial charge in [-0.15, -0.1) is 0 Å². The lowest BCUT2D eigenvalue weighted by molar-refractivity contribution is 0.246. The van der Waals surface area contributed by atoms with Gasteiger partial charge >= 0.3 is 0 Å². The number of nitrogens with zero attached hydrogens (tertiary/aromatic N) is 3. The number of fused-ring (bicyclic) bond motifs is 1. The topological polar surface area (TPSA) is 49.9 Å². The molecule has 1 saturated heterocycles. The first-order valence-electron chi connectivity index (χ1n) is 10.1. The van der Waals surface area contributed by atoms with Gasteiger partial charge in [0.15, 0.2) is 11.5 Å². The third-order valence-electron chi connectivity index (χ3n) is 6.04. The number of ether oxygens (including phenoxy) is 2. The van der Waals surface area contributed by atoms with Gasteiger partial charge < -0.3 is 19.7 Å². The number of piperazine rings is 1. The Bertz CT molecular complexity index is 791. The molecule has 3 heterocycles. The Morgan fingerprint density at radius 2 is 1.82 bits per heavy atom. The minimum atomic E-state index is 0.418. The minimum absolute atomic E-state index is 0.418. The zero-order valence-corrected chi connectivity index (χ0v) is 17.0. The molecule has 2 aromatic rings. The highest BCUT2D eigenvalue weighted by Crippen LogP contribution is 2.44.